The second-order valence-electron chi connectivity index (χ2n) is 5.84. The molecule has 2 amide bonds. The Balaban J connectivity index is 2.46. The van der Waals surface area contributed by atoms with E-state index in [1.165, 1.54) is 12.1 Å². The number of aliphatic carboxylic acids is 1. The van der Waals surface area contributed by atoms with Crippen molar-refractivity contribution in [3.63, 3.8) is 0 Å². The first-order valence-electron chi connectivity index (χ1n) is 7.46. The number of primary sulfonamides is 1. The molecule has 134 valence electrons. The van der Waals surface area contributed by atoms with E-state index in [4.69, 9.17) is 5.14 Å². The SMILES string of the molecule is CC(C)C[C@@H](NC(=O)NCCc1ccc(S(N)(=O)=O)cc1)C(=O)[O-]. The van der Waals surface area contributed by atoms with Gasteiger partial charge in [0.2, 0.25) is 10.0 Å². The second-order valence-corrected chi connectivity index (χ2v) is 7.40. The van der Waals surface area contributed by atoms with E-state index in [1.807, 2.05) is 13.8 Å². The van der Waals surface area contributed by atoms with Crippen LogP contribution in [0.3, 0.4) is 0 Å². The molecule has 1 aromatic carbocycles. The Morgan fingerprint density at radius 2 is 1.79 bits per heavy atom. The third kappa shape index (κ3) is 6.97. The van der Waals surface area contributed by atoms with Gasteiger partial charge >= 0.3 is 6.03 Å². The maximum absolute atomic E-state index is 11.7. The number of carboxylic acids is 1. The van der Waals surface area contributed by atoms with Gasteiger partial charge in [0.25, 0.3) is 0 Å². The molecule has 9 heteroatoms. The minimum atomic E-state index is -3.73. The Morgan fingerprint density at radius 1 is 1.21 bits per heavy atom. The number of urea groups is 1. The predicted octanol–water partition coefficient (Wildman–Crippen LogP) is -0.660. The fraction of sp³-hybridized carbons (Fsp3) is 0.467. The van der Waals surface area contributed by atoms with Crippen LogP contribution in [-0.2, 0) is 21.2 Å². The van der Waals surface area contributed by atoms with Crippen LogP contribution in [0.25, 0.3) is 0 Å². The van der Waals surface area contributed by atoms with Crippen molar-refractivity contribution in [3.05, 3.63) is 29.8 Å². The number of sulfonamides is 1. The van der Waals surface area contributed by atoms with Gasteiger partial charge in [0.15, 0.2) is 0 Å². The molecule has 0 aliphatic heterocycles. The number of nitrogens with two attached hydrogens (primary N) is 1. The molecule has 4 N–H and O–H groups in total. The van der Waals surface area contributed by atoms with Crippen molar-refractivity contribution in [2.75, 3.05) is 6.54 Å². The number of amides is 2. The standard InChI is InChI=1S/C15H23N3O5S/c1-10(2)9-13(14(19)20)18-15(21)17-8-7-11-3-5-12(6-4-11)24(16,22)23/h3-6,10,13H,7-9H2,1-2H3,(H,19,20)(H2,16,22,23)(H2,17,18,21)/p-1/t13-/m1/s1. The first kappa shape index (κ1) is 19.9. The van der Waals surface area contributed by atoms with E-state index in [0.717, 1.165) is 5.56 Å². The van der Waals surface area contributed by atoms with Gasteiger partial charge in [0, 0.05) is 6.54 Å². The van der Waals surface area contributed by atoms with Gasteiger partial charge in [-0.2, -0.15) is 0 Å². The summed E-state index contributed by atoms with van der Waals surface area (Å²) in [7, 11) is -3.73. The number of nitrogens with one attached hydrogen (secondary N) is 2. The molecule has 1 atom stereocenters. The summed E-state index contributed by atoms with van der Waals surface area (Å²) in [6.45, 7) is 3.96. The average molecular weight is 356 g/mol. The van der Waals surface area contributed by atoms with Crippen molar-refractivity contribution in [1.29, 1.82) is 0 Å². The number of rotatable bonds is 8. The molecule has 0 heterocycles. The minimum absolute atomic E-state index is 0.0161. The number of carboxylic acid groups (broad SMARTS) is 1. The largest absolute Gasteiger partial charge is 0.548 e. The van der Waals surface area contributed by atoms with Crippen LogP contribution >= 0.6 is 0 Å². The molecule has 0 bridgehead atoms. The van der Waals surface area contributed by atoms with Crippen LogP contribution in [0.15, 0.2) is 29.2 Å². The zero-order valence-corrected chi connectivity index (χ0v) is 14.4. The van der Waals surface area contributed by atoms with Crippen LogP contribution in [0.1, 0.15) is 25.8 Å². The first-order valence-corrected chi connectivity index (χ1v) is 9.01. The summed E-state index contributed by atoms with van der Waals surface area (Å²) in [5.74, 6) is -1.22. The van der Waals surface area contributed by atoms with E-state index < -0.39 is 28.1 Å². The van der Waals surface area contributed by atoms with Gasteiger partial charge in [0.05, 0.1) is 16.9 Å². The van der Waals surface area contributed by atoms with Crippen molar-refractivity contribution in [2.45, 2.75) is 37.6 Å². The molecule has 0 radical (unpaired) electrons. The number of carbonyl (C=O) groups is 2. The van der Waals surface area contributed by atoms with Gasteiger partial charge in [0.1, 0.15) is 0 Å². The molecule has 0 aromatic heterocycles. The molecule has 0 saturated heterocycles. The van der Waals surface area contributed by atoms with E-state index >= 15 is 0 Å². The number of carbonyl (C=O) groups excluding carboxylic acids is 2. The summed E-state index contributed by atoms with van der Waals surface area (Å²) in [5, 5.41) is 20.9. The highest BCUT2D eigenvalue weighted by Gasteiger charge is 2.14. The fourth-order valence-electron chi connectivity index (χ4n) is 2.06. The maximum atomic E-state index is 11.7. The van der Waals surface area contributed by atoms with E-state index in [9.17, 15) is 23.1 Å². The van der Waals surface area contributed by atoms with Crippen molar-refractivity contribution in [2.24, 2.45) is 11.1 Å². The average Bonchev–Trinajstić information content (AvgIpc) is 2.45. The lowest BCUT2D eigenvalue weighted by Gasteiger charge is -2.21. The van der Waals surface area contributed by atoms with Gasteiger partial charge in [-0.25, -0.2) is 18.4 Å². The van der Waals surface area contributed by atoms with Crippen molar-refractivity contribution < 1.29 is 23.1 Å². The molecule has 0 saturated carbocycles. The first-order chi connectivity index (χ1) is 11.1. The van der Waals surface area contributed by atoms with Gasteiger partial charge in [-0.15, -0.1) is 0 Å². The van der Waals surface area contributed by atoms with Crippen molar-refractivity contribution >= 4 is 22.0 Å². The molecular weight excluding hydrogens is 334 g/mol. The van der Waals surface area contributed by atoms with E-state index in [1.54, 1.807) is 12.1 Å². The predicted molar refractivity (Wildman–Crippen MR) is 86.3 cm³/mol. The Morgan fingerprint density at radius 3 is 2.25 bits per heavy atom. The minimum Gasteiger partial charge on any atom is -0.548 e. The Labute approximate surface area is 141 Å². The summed E-state index contributed by atoms with van der Waals surface area (Å²) < 4.78 is 22.3. The van der Waals surface area contributed by atoms with Crippen LogP contribution in [0.4, 0.5) is 4.79 Å². The Hall–Kier alpha value is -2.13. The topological polar surface area (TPSA) is 141 Å². The highest BCUT2D eigenvalue weighted by atomic mass is 32.2. The van der Waals surface area contributed by atoms with Crippen LogP contribution in [0.5, 0.6) is 0 Å². The quantitative estimate of drug-likeness (QED) is 0.567. The van der Waals surface area contributed by atoms with Gasteiger partial charge in [-0.3, -0.25) is 0 Å². The molecule has 24 heavy (non-hydrogen) atoms. The lowest BCUT2D eigenvalue weighted by Crippen LogP contribution is -2.51. The van der Waals surface area contributed by atoms with Gasteiger partial charge < -0.3 is 20.5 Å². The maximum Gasteiger partial charge on any atom is 0.315 e. The van der Waals surface area contributed by atoms with E-state index in [-0.39, 0.29) is 23.8 Å². The smallest absolute Gasteiger partial charge is 0.315 e. The summed E-state index contributed by atoms with van der Waals surface area (Å²) in [6, 6.07) is 4.34. The third-order valence-corrected chi connectivity index (χ3v) is 4.18. The molecule has 8 nitrogen and oxygen atoms in total. The molecular formula is C15H22N3O5S-. The van der Waals surface area contributed by atoms with E-state index in [0.29, 0.717) is 6.42 Å². The lowest BCUT2D eigenvalue weighted by molar-refractivity contribution is -0.308. The molecule has 0 fully saturated rings. The zero-order chi connectivity index (χ0) is 18.3. The molecule has 1 aromatic rings. The lowest BCUT2D eigenvalue weighted by atomic mass is 10.0. The van der Waals surface area contributed by atoms with Crippen LogP contribution < -0.4 is 20.9 Å². The molecule has 1 rings (SSSR count). The highest BCUT2D eigenvalue weighted by molar-refractivity contribution is 7.89. The van der Waals surface area contributed by atoms with Crippen molar-refractivity contribution in [1.82, 2.24) is 10.6 Å². The zero-order valence-electron chi connectivity index (χ0n) is 13.6. The second kappa shape index (κ2) is 8.65. The summed E-state index contributed by atoms with van der Waals surface area (Å²) in [6.07, 6.45) is 0.739. The number of hydrogen-bond donors (Lipinski definition) is 3. The van der Waals surface area contributed by atoms with Crippen LogP contribution in [-0.4, -0.2) is 33.0 Å². The van der Waals surface area contributed by atoms with Crippen LogP contribution in [0, 0.1) is 5.92 Å². The summed E-state index contributed by atoms with van der Waals surface area (Å²) in [4.78, 5) is 22.7. The van der Waals surface area contributed by atoms with Gasteiger partial charge in [-0.1, -0.05) is 26.0 Å². The normalized spacial score (nSPS) is 12.7. The van der Waals surface area contributed by atoms with Crippen LogP contribution in [0.2, 0.25) is 0 Å². The summed E-state index contributed by atoms with van der Waals surface area (Å²) >= 11 is 0. The molecule has 0 unspecified atom stereocenters. The molecule has 0 spiro atoms. The fourth-order valence-corrected chi connectivity index (χ4v) is 2.58. The molecule has 0 aliphatic carbocycles. The number of hydrogen-bond acceptors (Lipinski definition) is 5. The highest BCUT2D eigenvalue weighted by Crippen LogP contribution is 2.09. The Kier molecular flexibility index (Phi) is 7.18. The summed E-state index contributed by atoms with van der Waals surface area (Å²) in [5.41, 5.74) is 0.807. The van der Waals surface area contributed by atoms with E-state index in [2.05, 4.69) is 10.6 Å². The molecule has 0 aliphatic rings. The van der Waals surface area contributed by atoms with Crippen molar-refractivity contribution in [3.8, 4) is 0 Å². The monoisotopic (exact) mass is 356 g/mol. The third-order valence-electron chi connectivity index (χ3n) is 3.25. The van der Waals surface area contributed by atoms with Gasteiger partial charge in [-0.05, 0) is 36.5 Å². The Bertz CT molecular complexity index is 671. The number of benzene rings is 1.